The smallest absolute Gasteiger partial charge is 0.229 e. The highest BCUT2D eigenvalue weighted by atomic mass is 16.4. The average molecular weight is 241 g/mol. The Morgan fingerprint density at radius 2 is 1.72 bits per heavy atom. The van der Waals surface area contributed by atoms with Crippen LogP contribution in [0.4, 0.5) is 0 Å². The van der Waals surface area contributed by atoms with Gasteiger partial charge in [-0.05, 0) is 6.07 Å². The summed E-state index contributed by atoms with van der Waals surface area (Å²) in [5, 5.41) is 11.2. The van der Waals surface area contributed by atoms with E-state index in [1.165, 1.54) is 6.07 Å². The number of oxime groups is 1. The summed E-state index contributed by atoms with van der Waals surface area (Å²) in [5.74, 6) is -0.440. The lowest BCUT2D eigenvalue weighted by atomic mass is 9.89. The van der Waals surface area contributed by atoms with Gasteiger partial charge in [-0.15, -0.1) is 0 Å². The van der Waals surface area contributed by atoms with Gasteiger partial charge in [-0.1, -0.05) is 29.4 Å². The van der Waals surface area contributed by atoms with Crippen molar-refractivity contribution in [3.05, 3.63) is 58.5 Å². The number of benzene rings is 1. The Bertz CT molecular complexity index is 644. The Labute approximate surface area is 101 Å². The van der Waals surface area contributed by atoms with Crippen LogP contribution >= 0.6 is 0 Å². The molecule has 1 aliphatic rings. The fourth-order valence-corrected chi connectivity index (χ4v) is 2.01. The normalized spacial score (nSPS) is 13.8. The fourth-order valence-electron chi connectivity index (χ4n) is 2.01. The SMILES string of the molecule is O=C1c2ccccc2C(=O)c2oc(/C=N/O)cc21. The van der Waals surface area contributed by atoms with Gasteiger partial charge < -0.3 is 9.62 Å². The predicted molar refractivity (Wildman–Crippen MR) is 61.4 cm³/mol. The molecule has 88 valence electrons. The highest BCUT2D eigenvalue weighted by Gasteiger charge is 2.33. The maximum Gasteiger partial charge on any atom is 0.229 e. The molecule has 1 aromatic carbocycles. The first-order valence-electron chi connectivity index (χ1n) is 5.22. The lowest BCUT2D eigenvalue weighted by molar-refractivity contribution is 0.0960. The summed E-state index contributed by atoms with van der Waals surface area (Å²) in [5.41, 5.74) is 0.897. The van der Waals surface area contributed by atoms with E-state index in [2.05, 4.69) is 5.16 Å². The second kappa shape index (κ2) is 3.66. The molecule has 0 spiro atoms. The van der Waals surface area contributed by atoms with Crippen molar-refractivity contribution in [2.75, 3.05) is 0 Å². The first-order valence-corrected chi connectivity index (χ1v) is 5.22. The number of hydrogen-bond donors (Lipinski definition) is 1. The molecule has 5 heteroatoms. The van der Waals surface area contributed by atoms with E-state index in [1.807, 2.05) is 0 Å². The average Bonchev–Trinajstić information content (AvgIpc) is 2.81. The molecular weight excluding hydrogens is 234 g/mol. The van der Waals surface area contributed by atoms with Crippen LogP contribution in [0.25, 0.3) is 0 Å². The van der Waals surface area contributed by atoms with E-state index in [9.17, 15) is 9.59 Å². The minimum Gasteiger partial charge on any atom is -0.451 e. The van der Waals surface area contributed by atoms with Crippen LogP contribution in [0.2, 0.25) is 0 Å². The van der Waals surface area contributed by atoms with Gasteiger partial charge in [0, 0.05) is 11.1 Å². The molecule has 0 unspecified atom stereocenters. The van der Waals surface area contributed by atoms with Crippen LogP contribution in [-0.2, 0) is 0 Å². The third-order valence-corrected chi connectivity index (χ3v) is 2.80. The van der Waals surface area contributed by atoms with Gasteiger partial charge in [0.1, 0.15) is 12.0 Å². The van der Waals surface area contributed by atoms with Crippen molar-refractivity contribution in [3.8, 4) is 0 Å². The predicted octanol–water partition coefficient (Wildman–Crippen LogP) is 1.86. The van der Waals surface area contributed by atoms with Crippen LogP contribution in [0.1, 0.15) is 37.8 Å². The zero-order chi connectivity index (χ0) is 12.7. The third-order valence-electron chi connectivity index (χ3n) is 2.80. The monoisotopic (exact) mass is 241 g/mol. The lowest BCUT2D eigenvalue weighted by Gasteiger charge is -2.11. The minimum absolute atomic E-state index is 0.00593. The zero-order valence-electron chi connectivity index (χ0n) is 9.08. The molecule has 1 aliphatic carbocycles. The van der Waals surface area contributed by atoms with Gasteiger partial charge in [-0.3, -0.25) is 9.59 Å². The molecule has 0 saturated carbocycles. The van der Waals surface area contributed by atoms with Gasteiger partial charge in [0.2, 0.25) is 5.78 Å². The maximum absolute atomic E-state index is 12.2. The molecular formula is C13H7NO4. The highest BCUT2D eigenvalue weighted by Crippen LogP contribution is 2.28. The van der Waals surface area contributed by atoms with Crippen molar-refractivity contribution >= 4 is 17.8 Å². The van der Waals surface area contributed by atoms with Crippen LogP contribution in [0.5, 0.6) is 0 Å². The standard InChI is InChI=1S/C13H7NO4/c15-11-8-3-1-2-4-9(8)12(16)13-10(11)5-7(18-13)6-14-17/h1-6,17H/b14-6+. The molecule has 3 rings (SSSR count). The Morgan fingerprint density at radius 3 is 2.39 bits per heavy atom. The highest BCUT2D eigenvalue weighted by molar-refractivity contribution is 6.27. The summed E-state index contributed by atoms with van der Waals surface area (Å²) in [6.07, 6.45) is 1.03. The van der Waals surface area contributed by atoms with Crippen LogP contribution in [0.3, 0.4) is 0 Å². The molecule has 5 nitrogen and oxygen atoms in total. The maximum atomic E-state index is 12.2. The molecule has 0 bridgehead atoms. The van der Waals surface area contributed by atoms with Gasteiger partial charge in [0.15, 0.2) is 11.5 Å². The van der Waals surface area contributed by atoms with E-state index in [-0.39, 0.29) is 28.7 Å². The molecule has 0 saturated heterocycles. The van der Waals surface area contributed by atoms with Crippen LogP contribution in [0.15, 0.2) is 39.9 Å². The molecule has 0 aliphatic heterocycles. The van der Waals surface area contributed by atoms with Crippen LogP contribution < -0.4 is 0 Å². The van der Waals surface area contributed by atoms with Crippen molar-refractivity contribution in [2.24, 2.45) is 5.16 Å². The van der Waals surface area contributed by atoms with E-state index in [4.69, 9.17) is 9.62 Å². The second-order valence-electron chi connectivity index (χ2n) is 3.84. The number of rotatable bonds is 1. The second-order valence-corrected chi connectivity index (χ2v) is 3.84. The largest absolute Gasteiger partial charge is 0.451 e. The molecule has 18 heavy (non-hydrogen) atoms. The summed E-state index contributed by atoms with van der Waals surface area (Å²) in [6, 6.07) is 7.97. The number of fused-ring (bicyclic) bond motifs is 2. The molecule has 1 N–H and O–H groups in total. The van der Waals surface area contributed by atoms with Crippen molar-refractivity contribution in [1.29, 1.82) is 0 Å². The number of ketones is 2. The topological polar surface area (TPSA) is 79.9 Å². The summed E-state index contributed by atoms with van der Waals surface area (Å²) in [4.78, 5) is 24.3. The van der Waals surface area contributed by atoms with E-state index in [0.29, 0.717) is 11.1 Å². The van der Waals surface area contributed by atoms with Gasteiger partial charge in [0.25, 0.3) is 0 Å². The Hall–Kier alpha value is -2.69. The van der Waals surface area contributed by atoms with E-state index >= 15 is 0 Å². The fraction of sp³-hybridized carbons (Fsp3) is 0. The molecule has 0 fully saturated rings. The number of furan rings is 1. The Balaban J connectivity index is 2.24. The number of nitrogens with zero attached hydrogens (tertiary/aromatic N) is 1. The lowest BCUT2D eigenvalue weighted by Crippen LogP contribution is -2.18. The van der Waals surface area contributed by atoms with Crippen molar-refractivity contribution in [3.63, 3.8) is 0 Å². The first kappa shape index (κ1) is 10.5. The molecule has 0 radical (unpaired) electrons. The van der Waals surface area contributed by atoms with Crippen LogP contribution in [-0.4, -0.2) is 23.0 Å². The first-order chi connectivity index (χ1) is 8.72. The van der Waals surface area contributed by atoms with Gasteiger partial charge in [-0.2, -0.15) is 0 Å². The Morgan fingerprint density at radius 1 is 1.06 bits per heavy atom. The third kappa shape index (κ3) is 1.31. The number of carbonyl (C=O) groups excluding carboxylic acids is 2. The quantitative estimate of drug-likeness (QED) is 0.400. The van der Waals surface area contributed by atoms with Gasteiger partial charge in [-0.25, -0.2) is 0 Å². The van der Waals surface area contributed by atoms with Gasteiger partial charge in [0.05, 0.1) is 5.56 Å². The van der Waals surface area contributed by atoms with Crippen molar-refractivity contribution in [1.82, 2.24) is 0 Å². The summed E-state index contributed by atoms with van der Waals surface area (Å²) < 4.78 is 5.21. The molecule has 0 amide bonds. The van der Waals surface area contributed by atoms with Crippen molar-refractivity contribution < 1.29 is 19.2 Å². The number of carbonyl (C=O) groups is 2. The number of hydrogen-bond acceptors (Lipinski definition) is 5. The minimum atomic E-state index is -0.335. The van der Waals surface area contributed by atoms with Gasteiger partial charge >= 0.3 is 0 Å². The van der Waals surface area contributed by atoms with E-state index < -0.39 is 0 Å². The van der Waals surface area contributed by atoms with Crippen molar-refractivity contribution in [2.45, 2.75) is 0 Å². The zero-order valence-corrected chi connectivity index (χ0v) is 9.08. The molecule has 2 aromatic rings. The van der Waals surface area contributed by atoms with E-state index in [1.54, 1.807) is 24.3 Å². The Kier molecular flexibility index (Phi) is 2.13. The summed E-state index contributed by atoms with van der Waals surface area (Å²) in [7, 11) is 0. The molecule has 1 aromatic heterocycles. The summed E-state index contributed by atoms with van der Waals surface area (Å²) in [6.45, 7) is 0. The molecule has 0 atom stereocenters. The van der Waals surface area contributed by atoms with Crippen LogP contribution in [0, 0.1) is 0 Å². The van der Waals surface area contributed by atoms with E-state index in [0.717, 1.165) is 6.21 Å². The molecule has 1 heterocycles. The summed E-state index contributed by atoms with van der Waals surface area (Å²) >= 11 is 0.